The maximum absolute atomic E-state index is 11.7. The van der Waals surface area contributed by atoms with Crippen LogP contribution >= 0.6 is 0 Å². The lowest BCUT2D eigenvalue weighted by atomic mass is 10.1. The third-order valence-electron chi connectivity index (χ3n) is 2.50. The Balaban J connectivity index is 2.68. The van der Waals surface area contributed by atoms with E-state index in [4.69, 9.17) is 9.84 Å². The molecule has 0 fully saturated rings. The zero-order valence-electron chi connectivity index (χ0n) is 13.0. The first kappa shape index (κ1) is 17.5. The molecule has 0 spiro atoms. The predicted octanol–water partition coefficient (Wildman–Crippen LogP) is 3.37. The lowest BCUT2D eigenvalue weighted by Gasteiger charge is -2.19. The summed E-state index contributed by atoms with van der Waals surface area (Å²) in [6.45, 7) is 5.74. The first-order valence-corrected chi connectivity index (χ1v) is 6.90. The lowest BCUT2D eigenvalue weighted by molar-refractivity contribution is -0.131. The number of carbonyl (C=O) groups is 2. The van der Waals surface area contributed by atoms with Gasteiger partial charge >= 0.3 is 12.1 Å². The van der Waals surface area contributed by atoms with Crippen LogP contribution in [-0.4, -0.2) is 22.8 Å². The SMILES string of the molecule is CC(C)(C)OC(=O)NCc1ccccc1/C=C/C=C/C(=O)O. The highest BCUT2D eigenvalue weighted by molar-refractivity contribution is 5.80. The molecule has 0 saturated heterocycles. The Labute approximate surface area is 130 Å². The van der Waals surface area contributed by atoms with Crippen molar-refractivity contribution in [2.45, 2.75) is 32.9 Å². The maximum Gasteiger partial charge on any atom is 0.407 e. The van der Waals surface area contributed by atoms with Gasteiger partial charge in [0.2, 0.25) is 0 Å². The third-order valence-corrected chi connectivity index (χ3v) is 2.50. The molecule has 0 aliphatic rings. The molecular weight excluding hydrogens is 282 g/mol. The Hall–Kier alpha value is -2.56. The van der Waals surface area contributed by atoms with E-state index in [-0.39, 0.29) is 0 Å². The Morgan fingerprint density at radius 3 is 2.55 bits per heavy atom. The number of allylic oxidation sites excluding steroid dienone is 2. The highest BCUT2D eigenvalue weighted by Gasteiger charge is 2.15. The number of rotatable bonds is 5. The van der Waals surface area contributed by atoms with Crippen molar-refractivity contribution >= 4 is 18.1 Å². The van der Waals surface area contributed by atoms with Crippen LogP contribution in [0.15, 0.2) is 42.5 Å². The molecule has 1 amide bonds. The van der Waals surface area contributed by atoms with E-state index in [1.54, 1.807) is 32.9 Å². The molecule has 0 aromatic heterocycles. The van der Waals surface area contributed by atoms with E-state index in [0.717, 1.165) is 17.2 Å². The molecule has 0 bridgehead atoms. The van der Waals surface area contributed by atoms with Gasteiger partial charge in [0.25, 0.3) is 0 Å². The summed E-state index contributed by atoms with van der Waals surface area (Å²) in [6.07, 6.45) is 5.45. The minimum Gasteiger partial charge on any atom is -0.478 e. The van der Waals surface area contributed by atoms with Crippen LogP contribution in [0.3, 0.4) is 0 Å². The number of carboxylic acids is 1. The highest BCUT2D eigenvalue weighted by atomic mass is 16.6. The standard InChI is InChI=1S/C17H21NO4/c1-17(2,3)22-16(21)18-12-14-10-5-4-8-13(14)9-6-7-11-15(19)20/h4-11H,12H2,1-3H3,(H,18,21)(H,19,20)/b9-6+,11-7+. The van der Waals surface area contributed by atoms with Gasteiger partial charge in [0.15, 0.2) is 0 Å². The molecule has 1 aromatic rings. The van der Waals surface area contributed by atoms with Crippen LogP contribution in [0.4, 0.5) is 4.79 Å². The molecule has 22 heavy (non-hydrogen) atoms. The van der Waals surface area contributed by atoms with Crippen molar-refractivity contribution in [2.24, 2.45) is 0 Å². The fourth-order valence-electron chi connectivity index (χ4n) is 1.64. The van der Waals surface area contributed by atoms with Crippen LogP contribution in [0.25, 0.3) is 6.08 Å². The van der Waals surface area contributed by atoms with Crippen LogP contribution < -0.4 is 5.32 Å². The number of amides is 1. The van der Waals surface area contributed by atoms with Gasteiger partial charge in [-0.3, -0.25) is 0 Å². The quantitative estimate of drug-likeness (QED) is 0.646. The molecule has 1 rings (SSSR count). The number of benzene rings is 1. The van der Waals surface area contributed by atoms with Crippen molar-refractivity contribution in [1.82, 2.24) is 5.32 Å². The van der Waals surface area contributed by atoms with Crippen LogP contribution in [0, 0.1) is 0 Å². The second-order valence-corrected chi connectivity index (χ2v) is 5.61. The number of carboxylic acid groups (broad SMARTS) is 1. The molecule has 0 heterocycles. The number of hydrogen-bond donors (Lipinski definition) is 2. The zero-order chi connectivity index (χ0) is 16.6. The van der Waals surface area contributed by atoms with Crippen LogP contribution in [0.5, 0.6) is 0 Å². The molecule has 0 atom stereocenters. The van der Waals surface area contributed by atoms with E-state index >= 15 is 0 Å². The van der Waals surface area contributed by atoms with Crippen LogP contribution in [0.2, 0.25) is 0 Å². The zero-order valence-corrected chi connectivity index (χ0v) is 13.0. The van der Waals surface area contributed by atoms with Crippen molar-refractivity contribution < 1.29 is 19.4 Å². The minimum atomic E-state index is -0.996. The van der Waals surface area contributed by atoms with Crippen molar-refractivity contribution in [3.8, 4) is 0 Å². The van der Waals surface area contributed by atoms with Crippen molar-refractivity contribution in [2.75, 3.05) is 0 Å². The van der Waals surface area contributed by atoms with E-state index < -0.39 is 17.7 Å². The number of carbonyl (C=O) groups excluding carboxylic acids is 1. The normalized spacial score (nSPS) is 11.8. The lowest BCUT2D eigenvalue weighted by Crippen LogP contribution is -2.32. The van der Waals surface area contributed by atoms with Gasteiger partial charge in [-0.15, -0.1) is 0 Å². The topological polar surface area (TPSA) is 75.6 Å². The van der Waals surface area contributed by atoms with Gasteiger partial charge in [0.1, 0.15) is 5.60 Å². The minimum absolute atomic E-state index is 0.331. The predicted molar refractivity (Wildman–Crippen MR) is 85.3 cm³/mol. The third kappa shape index (κ3) is 7.28. The van der Waals surface area contributed by atoms with Gasteiger partial charge in [0, 0.05) is 12.6 Å². The van der Waals surface area contributed by atoms with E-state index in [0.29, 0.717) is 6.54 Å². The first-order chi connectivity index (χ1) is 10.3. The summed E-state index contributed by atoms with van der Waals surface area (Å²) in [7, 11) is 0. The number of aliphatic carboxylic acids is 1. The Kier molecular flexibility index (Phi) is 6.38. The van der Waals surface area contributed by atoms with E-state index in [9.17, 15) is 9.59 Å². The molecule has 0 aliphatic carbocycles. The second-order valence-electron chi connectivity index (χ2n) is 5.61. The smallest absolute Gasteiger partial charge is 0.407 e. The summed E-state index contributed by atoms with van der Waals surface area (Å²) in [5.74, 6) is -0.996. The number of alkyl carbamates (subject to hydrolysis) is 1. The molecule has 5 nitrogen and oxygen atoms in total. The molecule has 0 aliphatic heterocycles. The molecule has 0 unspecified atom stereocenters. The average molecular weight is 303 g/mol. The summed E-state index contributed by atoms with van der Waals surface area (Å²) in [5.41, 5.74) is 1.27. The average Bonchev–Trinajstić information content (AvgIpc) is 2.40. The maximum atomic E-state index is 11.7. The summed E-state index contributed by atoms with van der Waals surface area (Å²) >= 11 is 0. The summed E-state index contributed by atoms with van der Waals surface area (Å²) in [6, 6.07) is 7.52. The molecule has 2 N–H and O–H groups in total. The van der Waals surface area contributed by atoms with Gasteiger partial charge in [-0.05, 0) is 31.9 Å². The van der Waals surface area contributed by atoms with Gasteiger partial charge < -0.3 is 15.2 Å². The van der Waals surface area contributed by atoms with Gasteiger partial charge in [-0.2, -0.15) is 0 Å². The first-order valence-electron chi connectivity index (χ1n) is 6.90. The Morgan fingerprint density at radius 1 is 1.23 bits per heavy atom. The van der Waals surface area contributed by atoms with Gasteiger partial charge in [0.05, 0.1) is 0 Å². The van der Waals surface area contributed by atoms with Gasteiger partial charge in [-0.25, -0.2) is 9.59 Å². The van der Waals surface area contributed by atoms with E-state index in [1.807, 2.05) is 24.3 Å². The van der Waals surface area contributed by atoms with Crippen LogP contribution in [0.1, 0.15) is 31.9 Å². The molecular formula is C17H21NO4. The largest absolute Gasteiger partial charge is 0.478 e. The number of ether oxygens (including phenoxy) is 1. The molecule has 118 valence electrons. The summed E-state index contributed by atoms with van der Waals surface area (Å²) < 4.78 is 5.18. The fourth-order valence-corrected chi connectivity index (χ4v) is 1.64. The molecule has 1 aromatic carbocycles. The Bertz CT molecular complexity index is 583. The Morgan fingerprint density at radius 2 is 1.91 bits per heavy atom. The molecule has 5 heteroatoms. The van der Waals surface area contributed by atoms with E-state index in [1.165, 1.54) is 6.08 Å². The summed E-state index contributed by atoms with van der Waals surface area (Å²) in [5, 5.41) is 11.2. The molecule has 0 radical (unpaired) electrons. The van der Waals surface area contributed by atoms with E-state index in [2.05, 4.69) is 5.32 Å². The van der Waals surface area contributed by atoms with Crippen molar-refractivity contribution in [3.63, 3.8) is 0 Å². The highest BCUT2D eigenvalue weighted by Crippen LogP contribution is 2.12. The van der Waals surface area contributed by atoms with Gasteiger partial charge in [-0.1, -0.05) is 42.5 Å². The van der Waals surface area contributed by atoms with Crippen molar-refractivity contribution in [3.05, 3.63) is 53.6 Å². The number of hydrogen-bond acceptors (Lipinski definition) is 3. The number of nitrogens with one attached hydrogen (secondary N) is 1. The fraction of sp³-hybridized carbons (Fsp3) is 0.294. The molecule has 0 saturated carbocycles. The van der Waals surface area contributed by atoms with Crippen molar-refractivity contribution in [1.29, 1.82) is 0 Å². The second kappa shape index (κ2) is 8.02. The van der Waals surface area contributed by atoms with Crippen LogP contribution in [-0.2, 0) is 16.1 Å². The monoisotopic (exact) mass is 303 g/mol. The summed E-state index contributed by atoms with van der Waals surface area (Å²) in [4.78, 5) is 22.0.